The molecule has 1 fully saturated rings. The van der Waals surface area contributed by atoms with Crippen molar-refractivity contribution in [1.29, 1.82) is 0 Å². The maximum Gasteiger partial charge on any atom is 0.416 e. The third-order valence-corrected chi connectivity index (χ3v) is 7.80. The number of carbonyl (C=O) groups excluding carboxylic acids is 2. The average molecular weight is 555 g/mol. The smallest absolute Gasteiger partial charge is 0.416 e. The van der Waals surface area contributed by atoms with Gasteiger partial charge in [-0.25, -0.2) is 0 Å². The van der Waals surface area contributed by atoms with Crippen LogP contribution >= 0.6 is 23.2 Å². The highest BCUT2D eigenvalue weighted by Crippen LogP contribution is 2.37. The molecule has 37 heavy (non-hydrogen) atoms. The normalized spacial score (nSPS) is 14.9. The van der Waals surface area contributed by atoms with E-state index in [2.05, 4.69) is 0 Å². The van der Waals surface area contributed by atoms with Crippen molar-refractivity contribution < 1.29 is 27.5 Å². The molecule has 0 aliphatic carbocycles. The summed E-state index contributed by atoms with van der Waals surface area (Å²) in [4.78, 5) is 26.6. The summed E-state index contributed by atoms with van der Waals surface area (Å²) in [5, 5.41) is 1.09. The molecule has 5 nitrogen and oxygen atoms in total. The summed E-state index contributed by atoms with van der Waals surface area (Å²) >= 11 is 13.2. The summed E-state index contributed by atoms with van der Waals surface area (Å²) in [7, 11) is 1.36. The van der Waals surface area contributed by atoms with E-state index < -0.39 is 11.7 Å². The molecule has 1 saturated heterocycles. The van der Waals surface area contributed by atoms with Crippen molar-refractivity contribution in [2.24, 2.45) is 5.92 Å². The van der Waals surface area contributed by atoms with Gasteiger partial charge in [0.1, 0.15) is 0 Å². The summed E-state index contributed by atoms with van der Waals surface area (Å²) in [6.45, 7) is 4.58. The van der Waals surface area contributed by atoms with Crippen molar-refractivity contribution in [2.75, 3.05) is 20.2 Å². The van der Waals surface area contributed by atoms with E-state index in [-0.39, 0.29) is 29.4 Å². The minimum Gasteiger partial charge on any atom is -0.469 e. The van der Waals surface area contributed by atoms with Gasteiger partial charge in [0.05, 0.1) is 35.3 Å². The second-order valence-electron chi connectivity index (χ2n) is 9.53. The van der Waals surface area contributed by atoms with Crippen molar-refractivity contribution >= 4 is 46.0 Å². The fraction of sp³-hybridized carbons (Fsp3) is 0.407. The molecule has 1 aliphatic heterocycles. The van der Waals surface area contributed by atoms with Crippen molar-refractivity contribution in [3.05, 3.63) is 68.3 Å². The zero-order valence-electron chi connectivity index (χ0n) is 20.7. The lowest BCUT2D eigenvalue weighted by Crippen LogP contribution is -2.39. The van der Waals surface area contributed by atoms with Gasteiger partial charge >= 0.3 is 12.1 Å². The highest BCUT2D eigenvalue weighted by atomic mass is 35.5. The molecule has 1 amide bonds. The van der Waals surface area contributed by atoms with Crippen LogP contribution in [0.3, 0.4) is 0 Å². The Bertz CT molecular complexity index is 1360. The van der Waals surface area contributed by atoms with Gasteiger partial charge in [-0.3, -0.25) is 9.59 Å². The van der Waals surface area contributed by atoms with Crippen LogP contribution in [0.1, 0.15) is 51.9 Å². The third-order valence-electron chi connectivity index (χ3n) is 7.02. The maximum atomic E-state index is 13.4. The Morgan fingerprint density at radius 1 is 1.08 bits per heavy atom. The predicted molar refractivity (Wildman–Crippen MR) is 137 cm³/mol. The number of likely N-dealkylation sites (tertiary alicyclic amines) is 1. The van der Waals surface area contributed by atoms with Crippen molar-refractivity contribution in [3.8, 4) is 0 Å². The van der Waals surface area contributed by atoms with E-state index in [1.165, 1.54) is 7.11 Å². The lowest BCUT2D eigenvalue weighted by Gasteiger charge is -2.32. The van der Waals surface area contributed by atoms with Crippen LogP contribution in [-0.2, 0) is 22.3 Å². The Balaban J connectivity index is 1.61. The first-order valence-corrected chi connectivity index (χ1v) is 12.7. The molecule has 0 saturated carbocycles. The Labute approximate surface area is 223 Å². The number of benzene rings is 2. The molecule has 3 aromatic rings. The number of rotatable bonds is 5. The molecule has 0 bridgehead atoms. The zero-order chi connectivity index (χ0) is 27.1. The van der Waals surface area contributed by atoms with Gasteiger partial charge < -0.3 is 14.2 Å². The number of aromatic nitrogens is 1. The first-order chi connectivity index (χ1) is 17.4. The topological polar surface area (TPSA) is 51.5 Å². The quantitative estimate of drug-likeness (QED) is 0.317. The van der Waals surface area contributed by atoms with Gasteiger partial charge in [-0.05, 0) is 68.0 Å². The molecule has 2 aromatic carbocycles. The number of fused-ring (bicyclic) bond motifs is 1. The van der Waals surface area contributed by atoms with Crippen LogP contribution in [0, 0.1) is 19.8 Å². The molecular formula is C27H27Cl2F3N2O3. The van der Waals surface area contributed by atoms with Crippen LogP contribution in [0.25, 0.3) is 10.9 Å². The number of methoxy groups -OCH3 is 1. The minimum absolute atomic E-state index is 0.166. The Hall–Kier alpha value is -2.71. The molecule has 0 N–H and O–H groups in total. The second-order valence-corrected chi connectivity index (χ2v) is 10.3. The summed E-state index contributed by atoms with van der Waals surface area (Å²) in [5.41, 5.74) is 1.97. The van der Waals surface area contributed by atoms with E-state index in [1.54, 1.807) is 37.1 Å². The van der Waals surface area contributed by atoms with Crippen molar-refractivity contribution in [1.82, 2.24) is 9.47 Å². The molecule has 198 valence electrons. The van der Waals surface area contributed by atoms with Gasteiger partial charge in [0, 0.05) is 41.7 Å². The lowest BCUT2D eigenvalue weighted by molar-refractivity contribution is -0.142. The van der Waals surface area contributed by atoms with Crippen LogP contribution in [-0.4, -0.2) is 41.5 Å². The molecular weight excluding hydrogens is 528 g/mol. The van der Waals surface area contributed by atoms with Crippen LogP contribution in [0.15, 0.2) is 30.5 Å². The number of alkyl halides is 3. The van der Waals surface area contributed by atoms with Gasteiger partial charge in [0.15, 0.2) is 0 Å². The fourth-order valence-corrected chi connectivity index (χ4v) is 5.60. The van der Waals surface area contributed by atoms with Gasteiger partial charge in [-0.15, -0.1) is 0 Å². The average Bonchev–Trinajstić information content (AvgIpc) is 3.17. The molecule has 1 aliphatic rings. The van der Waals surface area contributed by atoms with Crippen LogP contribution in [0.5, 0.6) is 0 Å². The molecule has 1 aromatic heterocycles. The van der Waals surface area contributed by atoms with E-state index in [0.717, 1.165) is 12.1 Å². The van der Waals surface area contributed by atoms with E-state index in [4.69, 9.17) is 27.9 Å². The number of nitrogens with zero attached hydrogens (tertiary/aromatic N) is 2. The number of ether oxygens (including phenoxy) is 1. The first kappa shape index (κ1) is 27.3. The molecule has 4 rings (SSSR count). The number of hydrogen-bond acceptors (Lipinski definition) is 3. The number of esters is 1. The first-order valence-electron chi connectivity index (χ1n) is 11.9. The minimum atomic E-state index is -4.44. The molecule has 10 heteroatoms. The highest BCUT2D eigenvalue weighted by molar-refractivity contribution is 6.38. The van der Waals surface area contributed by atoms with Crippen molar-refractivity contribution in [3.63, 3.8) is 0 Å². The van der Waals surface area contributed by atoms with Crippen LogP contribution in [0.2, 0.25) is 10.0 Å². The molecule has 0 radical (unpaired) electrons. The number of carbonyl (C=O) groups is 2. The SMILES string of the molecule is COC(=O)CC1CCN(C(=O)c2ccc(Cl)c(Cn3cc(C)c4cc(C(F)(F)F)cc(C)c43)c2Cl)CC1. The van der Waals surface area contributed by atoms with Gasteiger partial charge in [0.2, 0.25) is 0 Å². The van der Waals surface area contributed by atoms with Crippen LogP contribution < -0.4 is 0 Å². The number of piperidine rings is 1. The van der Waals surface area contributed by atoms with E-state index in [1.807, 2.05) is 4.57 Å². The Morgan fingerprint density at radius 2 is 1.76 bits per heavy atom. The monoisotopic (exact) mass is 554 g/mol. The molecule has 0 unspecified atom stereocenters. The van der Waals surface area contributed by atoms with Crippen LogP contribution in [0.4, 0.5) is 13.2 Å². The number of amides is 1. The van der Waals surface area contributed by atoms with E-state index >= 15 is 0 Å². The molecule has 2 heterocycles. The maximum absolute atomic E-state index is 13.4. The number of halogens is 5. The van der Waals surface area contributed by atoms with Gasteiger partial charge in [-0.1, -0.05) is 23.2 Å². The summed E-state index contributed by atoms with van der Waals surface area (Å²) < 4.78 is 46.6. The standard InChI is InChI=1S/C27H27Cl2F3N2O3/c1-15-10-18(27(30,31)32)12-20-16(2)13-34(25(15)20)14-21-22(28)5-4-19(24(21)29)26(36)33-8-6-17(7-9-33)11-23(35)37-3/h4-5,10,12-13,17H,6-9,11,14H2,1-3H3. The molecule has 0 spiro atoms. The fourth-order valence-electron chi connectivity index (χ4n) is 5.03. The zero-order valence-corrected chi connectivity index (χ0v) is 22.2. The van der Waals surface area contributed by atoms with Crippen molar-refractivity contribution in [2.45, 2.75) is 45.8 Å². The van der Waals surface area contributed by atoms with E-state index in [9.17, 15) is 22.8 Å². The predicted octanol–water partition coefficient (Wildman–Crippen LogP) is 7.05. The molecule has 0 atom stereocenters. The number of hydrogen-bond donors (Lipinski definition) is 0. The lowest BCUT2D eigenvalue weighted by atomic mass is 9.93. The summed E-state index contributed by atoms with van der Waals surface area (Å²) in [6, 6.07) is 5.50. The summed E-state index contributed by atoms with van der Waals surface area (Å²) in [5.74, 6) is -0.314. The highest BCUT2D eigenvalue weighted by Gasteiger charge is 2.32. The van der Waals surface area contributed by atoms with Gasteiger partial charge in [0.25, 0.3) is 5.91 Å². The Kier molecular flexibility index (Phi) is 7.81. The van der Waals surface area contributed by atoms with E-state index in [0.29, 0.717) is 70.5 Å². The largest absolute Gasteiger partial charge is 0.469 e. The Morgan fingerprint density at radius 3 is 2.38 bits per heavy atom. The third kappa shape index (κ3) is 5.60. The second kappa shape index (κ2) is 10.6. The number of aryl methyl sites for hydroxylation is 2. The van der Waals surface area contributed by atoms with Gasteiger partial charge in [-0.2, -0.15) is 13.2 Å². The summed E-state index contributed by atoms with van der Waals surface area (Å²) in [6.07, 6.45) is -0.967.